The number of piperidine rings is 2. The summed E-state index contributed by atoms with van der Waals surface area (Å²) in [6.45, 7) is 8.28. The molecule has 1 N–H and O–H groups in total. The molecule has 324 valence electrons. The maximum absolute atomic E-state index is 6.41. The van der Waals surface area contributed by atoms with Crippen LogP contribution >= 0.6 is 58.0 Å². The van der Waals surface area contributed by atoms with Crippen LogP contribution in [0.4, 0.5) is 17.2 Å². The van der Waals surface area contributed by atoms with Gasteiger partial charge in [0.05, 0.1) is 12.4 Å². The fraction of sp³-hybridized carbons (Fsp3) is 0.280. The molecule has 0 unspecified atom stereocenters. The molecule has 2 saturated heterocycles. The quantitative estimate of drug-likeness (QED) is 0.170. The number of rotatable bonds is 7. The Kier molecular flexibility index (Phi) is 15.0. The van der Waals surface area contributed by atoms with Gasteiger partial charge < -0.3 is 10.2 Å². The highest BCUT2D eigenvalue weighted by atomic mass is 35.5. The van der Waals surface area contributed by atoms with E-state index in [-0.39, 0.29) is 10.8 Å². The van der Waals surface area contributed by atoms with Gasteiger partial charge in [0.1, 0.15) is 5.15 Å². The van der Waals surface area contributed by atoms with E-state index in [1.807, 2.05) is 54.7 Å². The van der Waals surface area contributed by atoms with E-state index in [9.17, 15) is 0 Å². The van der Waals surface area contributed by atoms with E-state index in [2.05, 4.69) is 101 Å². The van der Waals surface area contributed by atoms with Crippen molar-refractivity contribution in [3.63, 3.8) is 0 Å². The lowest BCUT2D eigenvalue weighted by Crippen LogP contribution is -2.44. The van der Waals surface area contributed by atoms with Crippen LogP contribution in [0, 0.1) is 0 Å². The monoisotopic (exact) mass is 936 g/mol. The van der Waals surface area contributed by atoms with Crippen molar-refractivity contribution in [1.29, 1.82) is 0 Å². The van der Waals surface area contributed by atoms with Crippen molar-refractivity contribution in [3.05, 3.63) is 182 Å². The van der Waals surface area contributed by atoms with Crippen LogP contribution in [0.3, 0.4) is 0 Å². The van der Waals surface area contributed by atoms with Crippen molar-refractivity contribution >= 4 is 87.3 Å². The first-order valence-corrected chi connectivity index (χ1v) is 23.1. The highest BCUT2D eigenvalue weighted by Crippen LogP contribution is 2.50. The Morgan fingerprint density at radius 2 is 1.08 bits per heavy atom. The third-order valence-corrected chi connectivity index (χ3v) is 13.7. The molecule has 0 atom stereocenters. The molecule has 2 fully saturated rings. The molecular formula is C50H49Cl5N8. The molecule has 0 saturated carbocycles. The molecule has 2 spiro atoms. The minimum absolute atomic E-state index is 0.105. The van der Waals surface area contributed by atoms with E-state index in [0.29, 0.717) is 5.15 Å². The summed E-state index contributed by atoms with van der Waals surface area (Å²) in [6.07, 6.45) is 23.3. The number of hydrogen-bond donors (Lipinski definition) is 1. The minimum atomic E-state index is 0.105. The number of anilines is 3. The van der Waals surface area contributed by atoms with Crippen LogP contribution in [0.2, 0.25) is 25.2 Å². The highest BCUT2D eigenvalue weighted by molar-refractivity contribution is 6.31. The number of hydrogen-bond acceptors (Lipinski definition) is 8. The summed E-state index contributed by atoms with van der Waals surface area (Å²) in [5, 5.41) is 7.20. The first-order chi connectivity index (χ1) is 30.7. The zero-order chi connectivity index (χ0) is 43.7. The van der Waals surface area contributed by atoms with Crippen LogP contribution in [0.1, 0.15) is 47.9 Å². The molecule has 63 heavy (non-hydrogen) atoms. The van der Waals surface area contributed by atoms with Gasteiger partial charge in [-0.25, -0.2) is 9.97 Å². The maximum atomic E-state index is 6.41. The van der Waals surface area contributed by atoms with Gasteiger partial charge in [0.25, 0.3) is 0 Å². The Labute approximate surface area is 395 Å². The number of fused-ring (bicyclic) bond motifs is 4. The maximum Gasteiger partial charge on any atom is 0.151 e. The fourth-order valence-corrected chi connectivity index (χ4v) is 9.76. The van der Waals surface area contributed by atoms with Crippen LogP contribution in [-0.4, -0.2) is 82.1 Å². The van der Waals surface area contributed by atoms with Crippen LogP contribution in [0.15, 0.2) is 134 Å². The molecule has 2 aromatic heterocycles. The zero-order valence-corrected chi connectivity index (χ0v) is 38.6. The standard InChI is InChI=1S/C25H24Cl2N4.C21H22Cl2N2.C4H3ClN2/c26-20-5-3-19(4-6-20)2-1-13-30-14-9-25(10-15-30)18-31(24-17-28-11-12-29-24)23-8-7-21(27)16-22(23)25;22-17-5-3-16(4-6-17)2-1-11-25-12-9-21(10-13-25)15-24-20-8-7-18(23)14-19(20)21;5-4-3-6-1-2-7-4/h1-8,11-12,16-17H,9-10,13-15,18H2;1-8,14,24H,9-13,15H2;1-3H/b2*2-1+;. The van der Waals surface area contributed by atoms with Gasteiger partial charge in [-0.1, -0.05) is 107 Å². The van der Waals surface area contributed by atoms with Gasteiger partial charge in [0.2, 0.25) is 0 Å². The van der Waals surface area contributed by atoms with E-state index in [1.165, 1.54) is 52.7 Å². The van der Waals surface area contributed by atoms with Crippen molar-refractivity contribution < 1.29 is 0 Å². The van der Waals surface area contributed by atoms with Gasteiger partial charge in [-0.05, 0) is 135 Å². The second kappa shape index (κ2) is 21.0. The summed E-state index contributed by atoms with van der Waals surface area (Å²) in [7, 11) is 0. The summed E-state index contributed by atoms with van der Waals surface area (Å²) in [5.74, 6) is 0.899. The molecule has 4 aliphatic rings. The minimum Gasteiger partial charge on any atom is -0.384 e. The van der Waals surface area contributed by atoms with Gasteiger partial charge in [0, 0.05) is 93.3 Å². The molecule has 8 nitrogen and oxygen atoms in total. The van der Waals surface area contributed by atoms with Crippen molar-refractivity contribution in [2.45, 2.75) is 36.5 Å². The topological polar surface area (TPSA) is 73.3 Å². The summed E-state index contributed by atoms with van der Waals surface area (Å²) in [5.41, 5.74) is 7.98. The van der Waals surface area contributed by atoms with E-state index >= 15 is 0 Å². The first-order valence-electron chi connectivity index (χ1n) is 21.3. The van der Waals surface area contributed by atoms with Gasteiger partial charge in [-0.15, -0.1) is 0 Å². The van der Waals surface area contributed by atoms with Crippen molar-refractivity contribution in [2.75, 3.05) is 62.6 Å². The molecule has 0 radical (unpaired) electrons. The summed E-state index contributed by atoms with van der Waals surface area (Å²) < 4.78 is 0. The third-order valence-electron chi connectivity index (χ3n) is 12.5. The van der Waals surface area contributed by atoms with Gasteiger partial charge in [-0.3, -0.25) is 19.8 Å². The summed E-state index contributed by atoms with van der Waals surface area (Å²) in [6, 6.07) is 28.4. The van der Waals surface area contributed by atoms with Crippen molar-refractivity contribution in [1.82, 2.24) is 29.7 Å². The largest absolute Gasteiger partial charge is 0.384 e. The number of aromatic nitrogens is 4. The number of benzene rings is 4. The molecule has 4 aliphatic heterocycles. The number of nitrogens with zero attached hydrogens (tertiary/aromatic N) is 7. The lowest BCUT2D eigenvalue weighted by molar-refractivity contribution is 0.182. The lowest BCUT2D eigenvalue weighted by atomic mass is 9.74. The second-order valence-electron chi connectivity index (χ2n) is 16.5. The van der Waals surface area contributed by atoms with Gasteiger partial charge in [0.15, 0.2) is 5.82 Å². The van der Waals surface area contributed by atoms with E-state index in [1.54, 1.807) is 24.8 Å². The number of halogens is 5. The smallest absolute Gasteiger partial charge is 0.151 e. The van der Waals surface area contributed by atoms with Crippen LogP contribution < -0.4 is 10.2 Å². The third kappa shape index (κ3) is 11.4. The first kappa shape index (κ1) is 45.1. The van der Waals surface area contributed by atoms with Crippen LogP contribution in [0.5, 0.6) is 0 Å². The SMILES string of the molecule is Clc1ccc(/C=C/CN2CCC3(CC2)CN(c2cnccn2)c2ccc(Cl)cc23)cc1.Clc1ccc(/C=C/CN2CCC3(CC2)CNc2ccc(Cl)cc23)cc1.Clc1cnccn1. The molecule has 6 heterocycles. The lowest BCUT2D eigenvalue weighted by Gasteiger charge is -2.39. The van der Waals surface area contributed by atoms with E-state index in [4.69, 9.17) is 58.0 Å². The normalized spacial score (nSPS) is 17.5. The van der Waals surface area contributed by atoms with Gasteiger partial charge in [-0.2, -0.15) is 0 Å². The molecular weight excluding hydrogens is 890 g/mol. The predicted molar refractivity (Wildman–Crippen MR) is 263 cm³/mol. The Bertz CT molecular complexity index is 2470. The molecule has 10 rings (SSSR count). The second-order valence-corrected chi connectivity index (χ2v) is 18.6. The highest BCUT2D eigenvalue weighted by Gasteiger charge is 2.45. The average Bonchev–Trinajstić information content (AvgIpc) is 3.81. The van der Waals surface area contributed by atoms with Crippen molar-refractivity contribution in [2.24, 2.45) is 0 Å². The average molecular weight is 939 g/mol. The molecule has 4 aromatic carbocycles. The molecule has 0 amide bonds. The zero-order valence-electron chi connectivity index (χ0n) is 34.9. The fourth-order valence-electron chi connectivity index (χ4n) is 9.05. The van der Waals surface area contributed by atoms with Crippen LogP contribution in [-0.2, 0) is 10.8 Å². The Morgan fingerprint density at radius 3 is 1.60 bits per heavy atom. The molecule has 0 aliphatic carbocycles. The summed E-state index contributed by atoms with van der Waals surface area (Å²) >= 11 is 29.9. The number of nitrogens with one attached hydrogen (secondary N) is 1. The molecule has 0 bridgehead atoms. The Morgan fingerprint density at radius 1 is 0.556 bits per heavy atom. The number of likely N-dealkylation sites (tertiary alicyclic amines) is 2. The van der Waals surface area contributed by atoms with E-state index in [0.717, 1.165) is 91.1 Å². The van der Waals surface area contributed by atoms with Crippen LogP contribution in [0.25, 0.3) is 12.2 Å². The van der Waals surface area contributed by atoms with E-state index < -0.39 is 0 Å². The predicted octanol–water partition coefficient (Wildman–Crippen LogP) is 12.6. The van der Waals surface area contributed by atoms with Gasteiger partial charge >= 0.3 is 0 Å². The molecule has 6 aromatic rings. The summed E-state index contributed by atoms with van der Waals surface area (Å²) in [4.78, 5) is 23.5. The Hall–Kier alpha value is -4.51. The Balaban J connectivity index is 0.000000152. The molecule has 13 heteroatoms. The van der Waals surface area contributed by atoms with Crippen molar-refractivity contribution in [3.8, 4) is 0 Å².